The summed E-state index contributed by atoms with van der Waals surface area (Å²) in [6.07, 6.45) is 7.42. The molecule has 1 aliphatic rings. The molecule has 1 aliphatic carbocycles. The zero-order valence-electron chi connectivity index (χ0n) is 12.3. The van der Waals surface area contributed by atoms with Gasteiger partial charge in [0, 0.05) is 11.4 Å². The summed E-state index contributed by atoms with van der Waals surface area (Å²) in [6.45, 7) is 0. The maximum absolute atomic E-state index is 12.7. The second-order valence-electron chi connectivity index (χ2n) is 5.53. The van der Waals surface area contributed by atoms with Crippen LogP contribution in [-0.4, -0.2) is 24.0 Å². The number of nitrogens with zero attached hydrogens (tertiary/aromatic N) is 1. The lowest BCUT2D eigenvalue weighted by Gasteiger charge is -2.23. The van der Waals surface area contributed by atoms with Crippen molar-refractivity contribution < 1.29 is 9.53 Å². The third-order valence-electron chi connectivity index (χ3n) is 4.13. The second-order valence-corrected chi connectivity index (χ2v) is 5.53. The fraction of sp³-hybridized carbons (Fsp3) is 0.412. The van der Waals surface area contributed by atoms with Crippen molar-refractivity contribution in [3.8, 4) is 5.75 Å². The molecule has 0 aliphatic heterocycles. The summed E-state index contributed by atoms with van der Waals surface area (Å²) in [5.41, 5.74) is 1.40. The maximum Gasteiger partial charge on any atom is 0.256 e. The molecule has 0 saturated heterocycles. The van der Waals surface area contributed by atoms with E-state index in [0.29, 0.717) is 11.3 Å². The van der Waals surface area contributed by atoms with Crippen LogP contribution in [0.15, 0.2) is 30.5 Å². The topological polar surface area (TPSA) is 51.2 Å². The van der Waals surface area contributed by atoms with Gasteiger partial charge < -0.3 is 10.1 Å². The number of benzene rings is 1. The maximum atomic E-state index is 12.7. The Labute approximate surface area is 124 Å². The highest BCUT2D eigenvalue weighted by Crippen LogP contribution is 2.27. The van der Waals surface area contributed by atoms with Gasteiger partial charge in [-0.15, -0.1) is 0 Å². The fourth-order valence-corrected chi connectivity index (χ4v) is 3.02. The molecule has 4 nitrogen and oxygen atoms in total. The fourth-order valence-electron chi connectivity index (χ4n) is 3.02. The third-order valence-corrected chi connectivity index (χ3v) is 4.13. The molecule has 21 heavy (non-hydrogen) atoms. The molecular weight excluding hydrogens is 264 g/mol. The molecule has 2 aromatic rings. The highest BCUT2D eigenvalue weighted by Gasteiger charge is 2.21. The molecule has 1 N–H and O–H groups in total. The van der Waals surface area contributed by atoms with Crippen molar-refractivity contribution in [1.82, 2.24) is 10.3 Å². The molecule has 4 heteroatoms. The Hall–Kier alpha value is -2.10. The Morgan fingerprint density at radius 2 is 2.00 bits per heavy atom. The van der Waals surface area contributed by atoms with E-state index in [9.17, 15) is 4.79 Å². The van der Waals surface area contributed by atoms with E-state index < -0.39 is 0 Å². The van der Waals surface area contributed by atoms with Gasteiger partial charge in [-0.05, 0) is 18.9 Å². The van der Waals surface area contributed by atoms with Gasteiger partial charge in [0.2, 0.25) is 0 Å². The number of carbonyl (C=O) groups excluding carboxylic acids is 1. The second kappa shape index (κ2) is 6.12. The van der Waals surface area contributed by atoms with Crippen molar-refractivity contribution in [2.45, 2.75) is 38.1 Å². The predicted octanol–water partition coefficient (Wildman–Crippen LogP) is 3.31. The molecular formula is C17H20N2O2. The molecule has 0 unspecified atom stereocenters. The summed E-state index contributed by atoms with van der Waals surface area (Å²) in [7, 11) is 1.57. The van der Waals surface area contributed by atoms with Gasteiger partial charge in [-0.3, -0.25) is 9.78 Å². The molecule has 0 bridgehead atoms. The van der Waals surface area contributed by atoms with Crippen LogP contribution in [0, 0.1) is 0 Å². The number of methoxy groups -OCH3 is 1. The molecule has 1 heterocycles. The molecule has 0 atom stereocenters. The first kappa shape index (κ1) is 13.9. The quantitative estimate of drug-likeness (QED) is 0.940. The number of hydrogen-bond acceptors (Lipinski definition) is 3. The minimum Gasteiger partial charge on any atom is -0.494 e. The number of nitrogens with one attached hydrogen (secondary N) is 1. The minimum absolute atomic E-state index is 0.0580. The average molecular weight is 284 g/mol. The molecule has 1 amide bonds. The first-order chi connectivity index (χ1) is 10.3. The summed E-state index contributed by atoms with van der Waals surface area (Å²) in [6, 6.07) is 7.95. The van der Waals surface area contributed by atoms with Crippen molar-refractivity contribution >= 4 is 16.8 Å². The Morgan fingerprint density at radius 3 is 2.76 bits per heavy atom. The van der Waals surface area contributed by atoms with Gasteiger partial charge >= 0.3 is 0 Å². The SMILES string of the molecule is COc1cnc2ccccc2c1C(=O)NC1CCCCC1. The monoisotopic (exact) mass is 284 g/mol. The van der Waals surface area contributed by atoms with E-state index in [4.69, 9.17) is 4.74 Å². The van der Waals surface area contributed by atoms with Crippen LogP contribution in [0.2, 0.25) is 0 Å². The molecule has 0 spiro atoms. The predicted molar refractivity (Wildman–Crippen MR) is 82.6 cm³/mol. The van der Waals surface area contributed by atoms with E-state index in [-0.39, 0.29) is 11.9 Å². The molecule has 1 aromatic carbocycles. The first-order valence-electron chi connectivity index (χ1n) is 7.52. The number of fused-ring (bicyclic) bond motifs is 1. The number of hydrogen-bond donors (Lipinski definition) is 1. The number of aromatic nitrogens is 1. The van der Waals surface area contributed by atoms with Crippen molar-refractivity contribution in [3.63, 3.8) is 0 Å². The van der Waals surface area contributed by atoms with Gasteiger partial charge in [0.1, 0.15) is 0 Å². The van der Waals surface area contributed by atoms with Gasteiger partial charge in [-0.2, -0.15) is 0 Å². The van der Waals surface area contributed by atoms with Crippen LogP contribution in [0.1, 0.15) is 42.5 Å². The molecule has 0 radical (unpaired) electrons. The molecule has 1 saturated carbocycles. The van der Waals surface area contributed by atoms with E-state index >= 15 is 0 Å². The summed E-state index contributed by atoms with van der Waals surface area (Å²) in [4.78, 5) is 17.0. The normalized spacial score (nSPS) is 15.9. The molecule has 1 aromatic heterocycles. The van der Waals surface area contributed by atoms with Gasteiger partial charge in [0.15, 0.2) is 5.75 Å². The Morgan fingerprint density at radius 1 is 1.24 bits per heavy atom. The van der Waals surface area contributed by atoms with Crippen LogP contribution >= 0.6 is 0 Å². The first-order valence-corrected chi connectivity index (χ1v) is 7.52. The molecule has 110 valence electrons. The van der Waals surface area contributed by atoms with E-state index in [1.54, 1.807) is 13.3 Å². The standard InChI is InChI=1S/C17H20N2O2/c1-21-15-11-18-14-10-6-5-9-13(14)16(15)17(20)19-12-7-3-2-4-8-12/h5-6,9-12H,2-4,7-8H2,1H3,(H,19,20). The van der Waals surface area contributed by atoms with Gasteiger partial charge in [0.25, 0.3) is 5.91 Å². The van der Waals surface area contributed by atoms with Gasteiger partial charge in [-0.25, -0.2) is 0 Å². The minimum atomic E-state index is -0.0580. The van der Waals surface area contributed by atoms with Gasteiger partial charge in [0.05, 0.1) is 24.4 Å². The Kier molecular flexibility index (Phi) is 4.04. The summed E-state index contributed by atoms with van der Waals surface area (Å²) in [5.74, 6) is 0.472. The summed E-state index contributed by atoms with van der Waals surface area (Å²) < 4.78 is 5.34. The van der Waals surface area contributed by atoms with Crippen LogP contribution < -0.4 is 10.1 Å². The lowest BCUT2D eigenvalue weighted by molar-refractivity contribution is 0.0926. The van der Waals surface area contributed by atoms with E-state index in [1.807, 2.05) is 24.3 Å². The number of pyridine rings is 1. The number of amides is 1. The number of rotatable bonds is 3. The zero-order valence-corrected chi connectivity index (χ0v) is 12.3. The highest BCUT2D eigenvalue weighted by molar-refractivity contribution is 6.08. The van der Waals surface area contributed by atoms with E-state index in [1.165, 1.54) is 19.3 Å². The lowest BCUT2D eigenvalue weighted by Crippen LogP contribution is -2.36. The van der Waals surface area contributed by atoms with Crippen LogP contribution in [-0.2, 0) is 0 Å². The Bertz CT molecular complexity index is 648. The van der Waals surface area contributed by atoms with Crippen LogP contribution in [0.3, 0.4) is 0 Å². The van der Waals surface area contributed by atoms with Gasteiger partial charge in [-0.1, -0.05) is 37.5 Å². The van der Waals surface area contributed by atoms with Crippen LogP contribution in [0.5, 0.6) is 5.75 Å². The Balaban J connectivity index is 1.95. The van der Waals surface area contributed by atoms with Crippen molar-refractivity contribution in [1.29, 1.82) is 0 Å². The largest absolute Gasteiger partial charge is 0.494 e. The number of para-hydroxylation sites is 1. The van der Waals surface area contributed by atoms with E-state index in [2.05, 4.69) is 10.3 Å². The van der Waals surface area contributed by atoms with Crippen LogP contribution in [0.4, 0.5) is 0 Å². The molecule has 3 rings (SSSR count). The smallest absolute Gasteiger partial charge is 0.256 e. The summed E-state index contributed by atoms with van der Waals surface area (Å²) >= 11 is 0. The third kappa shape index (κ3) is 2.84. The summed E-state index contributed by atoms with van der Waals surface area (Å²) in [5, 5.41) is 3.99. The molecule has 1 fully saturated rings. The van der Waals surface area contributed by atoms with E-state index in [0.717, 1.165) is 23.7 Å². The zero-order chi connectivity index (χ0) is 14.7. The number of ether oxygens (including phenoxy) is 1. The number of carbonyl (C=O) groups is 1. The van der Waals surface area contributed by atoms with Crippen molar-refractivity contribution in [2.24, 2.45) is 0 Å². The highest BCUT2D eigenvalue weighted by atomic mass is 16.5. The average Bonchev–Trinajstić information content (AvgIpc) is 2.54. The van der Waals surface area contributed by atoms with Crippen molar-refractivity contribution in [2.75, 3.05) is 7.11 Å². The van der Waals surface area contributed by atoms with Crippen molar-refractivity contribution in [3.05, 3.63) is 36.0 Å². The van der Waals surface area contributed by atoms with Crippen LogP contribution in [0.25, 0.3) is 10.9 Å². The lowest BCUT2D eigenvalue weighted by atomic mass is 9.95.